The van der Waals surface area contributed by atoms with Gasteiger partial charge in [0.15, 0.2) is 0 Å². The number of aromatic nitrogens is 1. The molecule has 1 aliphatic rings. The van der Waals surface area contributed by atoms with E-state index in [9.17, 15) is 0 Å². The average molecular weight is 194 g/mol. The second-order valence-electron chi connectivity index (χ2n) is 4.00. The first-order valence-electron chi connectivity index (χ1n) is 5.29. The minimum atomic E-state index is 0.377. The summed E-state index contributed by atoms with van der Waals surface area (Å²) in [5.41, 5.74) is 6.82. The van der Waals surface area contributed by atoms with E-state index in [0.717, 1.165) is 6.54 Å². The molecule has 1 aromatic heterocycles. The van der Waals surface area contributed by atoms with Crippen molar-refractivity contribution in [3.63, 3.8) is 0 Å². The van der Waals surface area contributed by atoms with Gasteiger partial charge in [0, 0.05) is 25.0 Å². The molecule has 14 heavy (non-hydrogen) atoms. The van der Waals surface area contributed by atoms with Gasteiger partial charge in [0.1, 0.15) is 0 Å². The predicted octanol–water partition coefficient (Wildman–Crippen LogP) is 1.51. The van der Waals surface area contributed by atoms with Crippen LogP contribution in [-0.4, -0.2) is 16.8 Å². The van der Waals surface area contributed by atoms with Crippen LogP contribution in [0.15, 0.2) is 18.3 Å². The zero-order valence-electron chi connectivity index (χ0n) is 8.65. The van der Waals surface area contributed by atoms with Crippen LogP contribution >= 0.6 is 0 Å². The van der Waals surface area contributed by atoms with Crippen molar-refractivity contribution in [2.45, 2.75) is 45.1 Å². The second-order valence-corrected chi connectivity index (χ2v) is 4.00. The third kappa shape index (κ3) is 1.99. The van der Waals surface area contributed by atoms with Crippen LogP contribution in [0.4, 0.5) is 0 Å². The first-order chi connectivity index (χ1) is 6.79. The Kier molecular flexibility index (Phi) is 2.89. The lowest BCUT2D eigenvalue weighted by Crippen LogP contribution is -2.18. The van der Waals surface area contributed by atoms with Gasteiger partial charge in [0.2, 0.25) is 0 Å². The summed E-state index contributed by atoms with van der Waals surface area (Å²) >= 11 is 0. The SMILES string of the molecule is CC1CCC(Cn2cccc2CN)O1. The molecule has 0 amide bonds. The molecule has 3 nitrogen and oxygen atoms in total. The molecule has 0 aromatic carbocycles. The maximum atomic E-state index is 5.77. The maximum Gasteiger partial charge on any atom is 0.0758 e. The van der Waals surface area contributed by atoms with E-state index in [1.54, 1.807) is 0 Å². The highest BCUT2D eigenvalue weighted by atomic mass is 16.5. The van der Waals surface area contributed by atoms with E-state index in [1.807, 2.05) is 6.07 Å². The molecular formula is C11H18N2O. The molecule has 2 heterocycles. The van der Waals surface area contributed by atoms with Crippen molar-refractivity contribution in [2.75, 3.05) is 0 Å². The molecule has 2 N–H and O–H groups in total. The molecule has 2 rings (SSSR count). The lowest BCUT2D eigenvalue weighted by Gasteiger charge is -2.14. The first-order valence-corrected chi connectivity index (χ1v) is 5.29. The fourth-order valence-corrected chi connectivity index (χ4v) is 2.05. The Labute approximate surface area is 84.9 Å². The molecule has 78 valence electrons. The molecule has 2 atom stereocenters. The van der Waals surface area contributed by atoms with Crippen LogP contribution in [0.5, 0.6) is 0 Å². The number of nitrogens with two attached hydrogens (primary N) is 1. The molecule has 1 saturated heterocycles. The monoisotopic (exact) mass is 194 g/mol. The number of ether oxygens (including phenoxy) is 1. The van der Waals surface area contributed by atoms with Gasteiger partial charge in [-0.3, -0.25) is 0 Å². The molecule has 0 spiro atoms. The third-order valence-electron chi connectivity index (χ3n) is 2.85. The second kappa shape index (κ2) is 4.15. The quantitative estimate of drug-likeness (QED) is 0.792. The number of nitrogens with zero attached hydrogens (tertiary/aromatic N) is 1. The summed E-state index contributed by atoms with van der Waals surface area (Å²) in [4.78, 5) is 0. The summed E-state index contributed by atoms with van der Waals surface area (Å²) in [5.74, 6) is 0. The zero-order chi connectivity index (χ0) is 9.97. The Morgan fingerprint density at radius 2 is 2.43 bits per heavy atom. The van der Waals surface area contributed by atoms with Crippen LogP contribution in [0, 0.1) is 0 Å². The zero-order valence-corrected chi connectivity index (χ0v) is 8.65. The molecule has 0 aliphatic carbocycles. The van der Waals surface area contributed by atoms with Gasteiger partial charge in [-0.15, -0.1) is 0 Å². The first kappa shape index (κ1) is 9.74. The number of hydrogen-bond acceptors (Lipinski definition) is 2. The molecular weight excluding hydrogens is 176 g/mol. The van der Waals surface area contributed by atoms with E-state index >= 15 is 0 Å². The van der Waals surface area contributed by atoms with Crippen LogP contribution in [-0.2, 0) is 17.8 Å². The molecule has 3 heteroatoms. The minimum Gasteiger partial charge on any atom is -0.373 e. The van der Waals surface area contributed by atoms with Gasteiger partial charge < -0.3 is 15.0 Å². The van der Waals surface area contributed by atoms with Crippen LogP contribution < -0.4 is 5.73 Å². The van der Waals surface area contributed by atoms with E-state index in [-0.39, 0.29) is 0 Å². The van der Waals surface area contributed by atoms with E-state index in [1.165, 1.54) is 18.5 Å². The van der Waals surface area contributed by atoms with Crippen LogP contribution in [0.1, 0.15) is 25.5 Å². The molecule has 0 bridgehead atoms. The maximum absolute atomic E-state index is 5.77. The van der Waals surface area contributed by atoms with E-state index in [0.29, 0.717) is 18.8 Å². The Morgan fingerprint density at radius 3 is 3.07 bits per heavy atom. The predicted molar refractivity (Wildman–Crippen MR) is 55.9 cm³/mol. The lowest BCUT2D eigenvalue weighted by atomic mass is 10.2. The number of hydrogen-bond donors (Lipinski definition) is 1. The standard InChI is InChI=1S/C11H18N2O/c1-9-4-5-11(14-9)8-13-6-2-3-10(13)7-12/h2-3,6,9,11H,4-5,7-8,12H2,1H3. The van der Waals surface area contributed by atoms with Gasteiger partial charge in [-0.25, -0.2) is 0 Å². The molecule has 1 aliphatic heterocycles. The molecule has 2 unspecified atom stereocenters. The van der Waals surface area contributed by atoms with Gasteiger partial charge in [-0.1, -0.05) is 0 Å². The van der Waals surface area contributed by atoms with Crippen molar-refractivity contribution in [1.82, 2.24) is 4.57 Å². The highest BCUT2D eigenvalue weighted by Crippen LogP contribution is 2.20. The van der Waals surface area contributed by atoms with Gasteiger partial charge in [0.25, 0.3) is 0 Å². The topological polar surface area (TPSA) is 40.2 Å². The summed E-state index contributed by atoms with van der Waals surface area (Å²) < 4.78 is 7.97. The van der Waals surface area contributed by atoms with Crippen LogP contribution in [0.25, 0.3) is 0 Å². The summed E-state index contributed by atoms with van der Waals surface area (Å²) in [6.07, 6.45) is 5.24. The van der Waals surface area contributed by atoms with Crippen LogP contribution in [0.3, 0.4) is 0 Å². The van der Waals surface area contributed by atoms with Crippen molar-refractivity contribution in [3.8, 4) is 0 Å². The molecule has 0 saturated carbocycles. The highest BCUT2D eigenvalue weighted by molar-refractivity contribution is 5.06. The van der Waals surface area contributed by atoms with Crippen molar-refractivity contribution in [3.05, 3.63) is 24.0 Å². The summed E-state index contributed by atoms with van der Waals surface area (Å²) in [6.45, 7) is 3.69. The summed E-state index contributed by atoms with van der Waals surface area (Å²) in [6, 6.07) is 4.11. The highest BCUT2D eigenvalue weighted by Gasteiger charge is 2.22. The van der Waals surface area contributed by atoms with Crippen molar-refractivity contribution < 1.29 is 4.74 Å². The third-order valence-corrected chi connectivity index (χ3v) is 2.85. The van der Waals surface area contributed by atoms with Crippen LogP contribution in [0.2, 0.25) is 0 Å². The van der Waals surface area contributed by atoms with Gasteiger partial charge in [-0.2, -0.15) is 0 Å². The summed E-state index contributed by atoms with van der Waals surface area (Å²) in [5, 5.41) is 0. The van der Waals surface area contributed by atoms with E-state index in [4.69, 9.17) is 10.5 Å². The largest absolute Gasteiger partial charge is 0.373 e. The Bertz CT molecular complexity index is 295. The van der Waals surface area contributed by atoms with Gasteiger partial charge in [0.05, 0.1) is 12.2 Å². The fraction of sp³-hybridized carbons (Fsp3) is 0.636. The lowest BCUT2D eigenvalue weighted by molar-refractivity contribution is 0.0454. The van der Waals surface area contributed by atoms with E-state index < -0.39 is 0 Å². The van der Waals surface area contributed by atoms with E-state index in [2.05, 4.69) is 23.8 Å². The normalized spacial score (nSPS) is 27.0. The summed E-state index contributed by atoms with van der Waals surface area (Å²) in [7, 11) is 0. The average Bonchev–Trinajstić information content (AvgIpc) is 2.76. The van der Waals surface area contributed by atoms with Gasteiger partial charge in [-0.05, 0) is 31.9 Å². The minimum absolute atomic E-state index is 0.377. The smallest absolute Gasteiger partial charge is 0.0758 e. The Balaban J connectivity index is 1.97. The van der Waals surface area contributed by atoms with Crippen molar-refractivity contribution >= 4 is 0 Å². The molecule has 1 aromatic rings. The van der Waals surface area contributed by atoms with Crippen molar-refractivity contribution in [2.24, 2.45) is 5.73 Å². The van der Waals surface area contributed by atoms with Crippen molar-refractivity contribution in [1.29, 1.82) is 0 Å². The Morgan fingerprint density at radius 1 is 1.57 bits per heavy atom. The molecule has 1 fully saturated rings. The fourth-order valence-electron chi connectivity index (χ4n) is 2.05. The van der Waals surface area contributed by atoms with Gasteiger partial charge >= 0.3 is 0 Å². The Hall–Kier alpha value is -0.800. The number of rotatable bonds is 3. The molecule has 0 radical (unpaired) electrons.